The number of hydrogen-bond donors (Lipinski definition) is 3. The number of carbonyl (C=O) groups is 1. The Morgan fingerprint density at radius 3 is 2.52 bits per heavy atom. The second-order valence-electron chi connectivity index (χ2n) is 7.67. The third-order valence-electron chi connectivity index (χ3n) is 5.19. The molecular weight excluding hydrogens is 450 g/mol. The van der Waals surface area contributed by atoms with Crippen LogP contribution in [-0.4, -0.2) is 29.9 Å². The number of benzene rings is 2. The highest BCUT2D eigenvalue weighted by Crippen LogP contribution is 2.49. The van der Waals surface area contributed by atoms with Gasteiger partial charge < -0.3 is 15.5 Å². The highest BCUT2D eigenvalue weighted by atomic mass is 32.2. The van der Waals surface area contributed by atoms with Gasteiger partial charge in [0.1, 0.15) is 5.37 Å². The number of aromatic nitrogens is 1. The van der Waals surface area contributed by atoms with Crippen LogP contribution in [0.3, 0.4) is 0 Å². The highest BCUT2D eigenvalue weighted by Gasteiger charge is 2.26. The molecule has 6 nitrogen and oxygen atoms in total. The molecule has 0 saturated heterocycles. The standard InChI is InChI=1S/C25H27N5OS2/c1-17(31)29-21-8-9-22(23(14-21)33-28-15-18-10-12-27-13-11-18)24-16-30(3)25(32-24)19-4-6-20(26-2)7-5-19/h4-14,16,25-26,28H,15H2,1-3H3,(H,29,31). The summed E-state index contributed by atoms with van der Waals surface area (Å²) in [5.74, 6) is -0.0808. The van der Waals surface area contributed by atoms with Crippen molar-refractivity contribution in [2.45, 2.75) is 23.7 Å². The van der Waals surface area contributed by atoms with Gasteiger partial charge in [0.25, 0.3) is 0 Å². The Labute approximate surface area is 203 Å². The van der Waals surface area contributed by atoms with Gasteiger partial charge in [-0.1, -0.05) is 30.0 Å². The molecule has 1 amide bonds. The molecule has 2 heterocycles. The number of rotatable bonds is 8. The van der Waals surface area contributed by atoms with Crippen LogP contribution in [0, 0.1) is 0 Å². The van der Waals surface area contributed by atoms with Crippen LogP contribution in [0.5, 0.6) is 0 Å². The molecule has 0 bridgehead atoms. The summed E-state index contributed by atoms with van der Waals surface area (Å²) in [5, 5.41) is 6.28. The highest BCUT2D eigenvalue weighted by molar-refractivity contribution is 8.08. The average Bonchev–Trinajstić information content (AvgIpc) is 3.21. The fraction of sp³-hybridized carbons (Fsp3) is 0.200. The number of thioether (sulfide) groups is 1. The molecule has 0 radical (unpaired) electrons. The third-order valence-corrected chi connectivity index (χ3v) is 7.44. The minimum Gasteiger partial charge on any atom is -0.388 e. The topological polar surface area (TPSA) is 69.3 Å². The largest absolute Gasteiger partial charge is 0.388 e. The summed E-state index contributed by atoms with van der Waals surface area (Å²) in [6.07, 6.45) is 5.79. The van der Waals surface area contributed by atoms with E-state index in [1.807, 2.05) is 43.1 Å². The van der Waals surface area contributed by atoms with E-state index in [0.29, 0.717) is 6.54 Å². The monoisotopic (exact) mass is 477 g/mol. The maximum atomic E-state index is 11.6. The summed E-state index contributed by atoms with van der Waals surface area (Å²) in [4.78, 5) is 20.2. The van der Waals surface area contributed by atoms with Crippen molar-refractivity contribution in [2.75, 3.05) is 24.7 Å². The number of nitrogens with one attached hydrogen (secondary N) is 3. The lowest BCUT2D eigenvalue weighted by atomic mass is 10.2. The molecule has 1 atom stereocenters. The van der Waals surface area contributed by atoms with Crippen molar-refractivity contribution in [3.8, 4) is 0 Å². The lowest BCUT2D eigenvalue weighted by molar-refractivity contribution is -0.114. The van der Waals surface area contributed by atoms with Gasteiger partial charge in [-0.25, -0.2) is 0 Å². The Balaban J connectivity index is 1.54. The lowest BCUT2D eigenvalue weighted by Crippen LogP contribution is -2.11. The van der Waals surface area contributed by atoms with E-state index >= 15 is 0 Å². The van der Waals surface area contributed by atoms with Crippen LogP contribution >= 0.6 is 23.7 Å². The van der Waals surface area contributed by atoms with Crippen molar-refractivity contribution in [2.24, 2.45) is 0 Å². The van der Waals surface area contributed by atoms with Crippen molar-refractivity contribution in [1.29, 1.82) is 0 Å². The van der Waals surface area contributed by atoms with Gasteiger partial charge in [0.05, 0.1) is 0 Å². The third kappa shape index (κ3) is 5.90. The van der Waals surface area contributed by atoms with Gasteiger partial charge in [0.2, 0.25) is 5.91 Å². The Morgan fingerprint density at radius 2 is 1.82 bits per heavy atom. The lowest BCUT2D eigenvalue weighted by Gasteiger charge is -2.20. The summed E-state index contributed by atoms with van der Waals surface area (Å²) in [6, 6.07) is 18.6. The van der Waals surface area contributed by atoms with E-state index in [0.717, 1.165) is 27.4 Å². The molecule has 2 aromatic carbocycles. The van der Waals surface area contributed by atoms with Crippen LogP contribution < -0.4 is 15.4 Å². The second kappa shape index (κ2) is 10.8. The van der Waals surface area contributed by atoms with Crippen LogP contribution in [0.25, 0.3) is 4.91 Å². The number of amides is 1. The molecule has 1 aliphatic heterocycles. The first-order valence-corrected chi connectivity index (χ1v) is 12.3. The van der Waals surface area contributed by atoms with Gasteiger partial charge in [-0.2, -0.15) is 0 Å². The fourth-order valence-corrected chi connectivity index (χ4v) is 5.75. The first kappa shape index (κ1) is 23.2. The van der Waals surface area contributed by atoms with Gasteiger partial charge in [0, 0.05) is 72.9 Å². The van der Waals surface area contributed by atoms with E-state index < -0.39 is 0 Å². The first-order chi connectivity index (χ1) is 16.0. The molecule has 0 spiro atoms. The maximum Gasteiger partial charge on any atom is 0.221 e. The van der Waals surface area contributed by atoms with Crippen molar-refractivity contribution in [1.82, 2.24) is 14.6 Å². The van der Waals surface area contributed by atoms with E-state index in [2.05, 4.69) is 68.8 Å². The van der Waals surface area contributed by atoms with E-state index in [4.69, 9.17) is 0 Å². The second-order valence-corrected chi connectivity index (χ2v) is 9.73. The van der Waals surface area contributed by atoms with Crippen molar-refractivity contribution < 1.29 is 4.79 Å². The Kier molecular flexibility index (Phi) is 7.59. The van der Waals surface area contributed by atoms with Crippen LogP contribution in [-0.2, 0) is 11.3 Å². The van der Waals surface area contributed by atoms with Gasteiger partial charge in [-0.15, -0.1) is 0 Å². The van der Waals surface area contributed by atoms with E-state index in [9.17, 15) is 4.79 Å². The molecule has 3 N–H and O–H groups in total. The number of carbonyl (C=O) groups excluding carboxylic acids is 1. The molecule has 170 valence electrons. The van der Waals surface area contributed by atoms with Crippen molar-refractivity contribution in [3.05, 3.63) is 89.9 Å². The molecule has 1 aromatic heterocycles. The summed E-state index contributed by atoms with van der Waals surface area (Å²) in [7, 11) is 4.04. The molecule has 0 fully saturated rings. The molecular formula is C25H27N5OS2. The normalized spacial score (nSPS) is 15.3. The van der Waals surface area contributed by atoms with Gasteiger partial charge in [0.15, 0.2) is 0 Å². The molecule has 3 aromatic rings. The Morgan fingerprint density at radius 1 is 1.09 bits per heavy atom. The number of nitrogens with zero attached hydrogens (tertiary/aromatic N) is 2. The van der Waals surface area contributed by atoms with Gasteiger partial charge in [-0.3, -0.25) is 14.5 Å². The van der Waals surface area contributed by atoms with E-state index in [1.54, 1.807) is 24.3 Å². The van der Waals surface area contributed by atoms with Crippen molar-refractivity contribution >= 4 is 45.9 Å². The van der Waals surface area contributed by atoms with E-state index in [-0.39, 0.29) is 11.3 Å². The van der Waals surface area contributed by atoms with Crippen LogP contribution in [0.2, 0.25) is 0 Å². The molecule has 33 heavy (non-hydrogen) atoms. The summed E-state index contributed by atoms with van der Waals surface area (Å²) >= 11 is 3.40. The molecule has 1 unspecified atom stereocenters. The number of anilines is 2. The molecule has 8 heteroatoms. The maximum absolute atomic E-state index is 11.6. The zero-order valence-corrected chi connectivity index (χ0v) is 20.5. The van der Waals surface area contributed by atoms with Gasteiger partial charge in [-0.05, 0) is 59.5 Å². The zero-order valence-electron chi connectivity index (χ0n) is 18.8. The Hall–Kier alpha value is -2.94. The molecule has 0 saturated carbocycles. The summed E-state index contributed by atoms with van der Waals surface area (Å²) in [6.45, 7) is 2.24. The zero-order chi connectivity index (χ0) is 23.2. The number of hydrogen-bond acceptors (Lipinski definition) is 7. The average molecular weight is 478 g/mol. The molecule has 0 aliphatic carbocycles. The fourth-order valence-electron chi connectivity index (χ4n) is 3.53. The van der Waals surface area contributed by atoms with Crippen LogP contribution in [0.1, 0.15) is 29.0 Å². The van der Waals surface area contributed by atoms with E-state index in [1.165, 1.54) is 17.4 Å². The number of pyridine rings is 1. The Bertz CT molecular complexity index is 1140. The smallest absolute Gasteiger partial charge is 0.221 e. The van der Waals surface area contributed by atoms with Crippen LogP contribution in [0.15, 0.2) is 78.1 Å². The SMILES string of the molecule is CNc1ccc(C2SC(c3ccc(NC(C)=O)cc3SNCc3ccncc3)=CN2C)cc1. The van der Waals surface area contributed by atoms with Crippen molar-refractivity contribution in [3.63, 3.8) is 0 Å². The minimum absolute atomic E-state index is 0.0808. The first-order valence-electron chi connectivity index (χ1n) is 10.6. The predicted octanol–water partition coefficient (Wildman–Crippen LogP) is 5.55. The summed E-state index contributed by atoms with van der Waals surface area (Å²) < 4.78 is 3.45. The predicted molar refractivity (Wildman–Crippen MR) is 140 cm³/mol. The van der Waals surface area contributed by atoms with Crippen LogP contribution in [0.4, 0.5) is 11.4 Å². The quantitative estimate of drug-likeness (QED) is 0.367. The summed E-state index contributed by atoms with van der Waals surface area (Å²) in [5.41, 5.74) is 5.45. The van der Waals surface area contributed by atoms with Gasteiger partial charge >= 0.3 is 0 Å². The molecule has 4 rings (SSSR count). The molecule has 1 aliphatic rings. The minimum atomic E-state index is -0.0808.